The fourth-order valence-corrected chi connectivity index (χ4v) is 3.14. The Kier molecular flexibility index (Phi) is 41.8. The van der Waals surface area contributed by atoms with Crippen LogP contribution in [0, 0.1) is 12.7 Å². The number of allylic oxidation sites excluding steroid dienone is 3. The van der Waals surface area contributed by atoms with E-state index in [4.69, 9.17) is 37.6 Å². The highest BCUT2D eigenvalue weighted by molar-refractivity contribution is 6.29. The van der Waals surface area contributed by atoms with Crippen LogP contribution in [0.5, 0.6) is 0 Å². The first-order valence-electron chi connectivity index (χ1n) is 16.2. The fraction of sp³-hybridized carbons (Fsp3) is 0.368. The standard InChI is InChI=1S/C9H11NO.C8H8FNO.C6H11NO2.2C5H8ClNO.C5H9NO/c1-8-3-5-9(6-4-8)7-11-10-2;1-10-11-6-7-4-2-3-5-8(7)9;1-7-9-6-4-2-3-5-8-6;2*1-5(6)3-4-8-7-2;1-3-4-5-7-6-2/h3-6H,2,7H2,1H3;2-5H,1,6H2;6H,1-5H2;2*3H,2,4H2,1H3;3-4H,2,5H2,1H3/b;;;5-3+;5-3-;4-3-. The Bertz CT molecular complexity index is 1310. The molecule has 1 aliphatic heterocycles. The van der Waals surface area contributed by atoms with Crippen molar-refractivity contribution < 1.29 is 38.2 Å². The van der Waals surface area contributed by atoms with E-state index >= 15 is 0 Å². The van der Waals surface area contributed by atoms with E-state index in [-0.39, 0.29) is 18.7 Å². The lowest BCUT2D eigenvalue weighted by molar-refractivity contribution is -0.161. The van der Waals surface area contributed by atoms with Gasteiger partial charge in [-0.05, 0) is 70.4 Å². The molecule has 1 fully saturated rings. The number of hydrogen-bond donors (Lipinski definition) is 0. The first-order chi connectivity index (χ1) is 26.1. The quantitative estimate of drug-likeness (QED) is 0.0672. The third kappa shape index (κ3) is 41.4. The van der Waals surface area contributed by atoms with Crippen LogP contribution >= 0.6 is 23.2 Å². The Morgan fingerprint density at radius 2 is 1.26 bits per heavy atom. The van der Waals surface area contributed by atoms with E-state index in [1.54, 1.807) is 44.2 Å². The number of aryl methyl sites for hydroxylation is 1. The monoisotopic (exact) mass is 796 g/mol. The molecule has 1 heterocycles. The average molecular weight is 798 g/mol. The van der Waals surface area contributed by atoms with Crippen molar-refractivity contribution in [2.45, 2.75) is 66.5 Å². The molecule has 0 N–H and O–H groups in total. The van der Waals surface area contributed by atoms with Crippen LogP contribution in [0.3, 0.4) is 0 Å². The molecule has 0 spiro atoms. The summed E-state index contributed by atoms with van der Waals surface area (Å²) < 4.78 is 17.9. The first kappa shape index (κ1) is 53.3. The molecule has 1 saturated heterocycles. The second-order valence-corrected chi connectivity index (χ2v) is 11.0. The van der Waals surface area contributed by atoms with Crippen LogP contribution in [0.4, 0.5) is 4.39 Å². The Balaban J connectivity index is -0.000000583. The van der Waals surface area contributed by atoms with Gasteiger partial charge in [-0.2, -0.15) is 0 Å². The third-order valence-corrected chi connectivity index (χ3v) is 5.91. The van der Waals surface area contributed by atoms with Crippen LogP contribution in [-0.4, -0.2) is 73.0 Å². The Labute approximate surface area is 330 Å². The first-order valence-corrected chi connectivity index (χ1v) is 17.0. The van der Waals surface area contributed by atoms with Crippen molar-refractivity contribution >= 4 is 63.5 Å². The van der Waals surface area contributed by atoms with E-state index in [1.807, 2.05) is 43.3 Å². The molecular formula is C38H55Cl2FN6O7. The Morgan fingerprint density at radius 3 is 1.70 bits per heavy atom. The van der Waals surface area contributed by atoms with Gasteiger partial charge in [-0.1, -0.05) is 82.5 Å². The number of halogens is 3. The summed E-state index contributed by atoms with van der Waals surface area (Å²) in [5.74, 6) is -0.281. The van der Waals surface area contributed by atoms with Gasteiger partial charge in [0.05, 0.1) is 6.61 Å². The predicted molar refractivity (Wildman–Crippen MR) is 221 cm³/mol. The predicted octanol–water partition coefficient (Wildman–Crippen LogP) is 9.95. The molecule has 2 aromatic carbocycles. The normalized spacial score (nSPS) is 12.8. The molecule has 1 aliphatic rings. The number of nitrogens with zero attached hydrogens (tertiary/aromatic N) is 6. The summed E-state index contributed by atoms with van der Waals surface area (Å²) in [6.07, 6.45) is 10.3. The van der Waals surface area contributed by atoms with Crippen LogP contribution in [0.25, 0.3) is 0 Å². The molecule has 0 saturated carbocycles. The summed E-state index contributed by atoms with van der Waals surface area (Å²) in [7, 11) is 0. The van der Waals surface area contributed by atoms with E-state index in [0.717, 1.165) is 25.0 Å². The molecule has 300 valence electrons. The van der Waals surface area contributed by atoms with E-state index in [1.165, 1.54) is 18.1 Å². The van der Waals surface area contributed by atoms with Crippen molar-refractivity contribution in [3.05, 3.63) is 105 Å². The van der Waals surface area contributed by atoms with Gasteiger partial charge in [0.1, 0.15) is 38.9 Å². The summed E-state index contributed by atoms with van der Waals surface area (Å²) in [6.45, 7) is 29.2. The van der Waals surface area contributed by atoms with Crippen molar-refractivity contribution in [2.24, 2.45) is 30.9 Å². The lowest BCUT2D eigenvalue weighted by Crippen LogP contribution is -2.19. The van der Waals surface area contributed by atoms with Crippen LogP contribution in [0.15, 0.2) is 114 Å². The number of hydrogen-bond acceptors (Lipinski definition) is 13. The highest BCUT2D eigenvalue weighted by Crippen LogP contribution is 2.13. The maximum Gasteiger partial charge on any atom is 0.226 e. The number of rotatable bonds is 17. The van der Waals surface area contributed by atoms with Crippen molar-refractivity contribution in [2.75, 3.05) is 26.4 Å². The molecule has 0 radical (unpaired) electrons. The van der Waals surface area contributed by atoms with Crippen LogP contribution in [-0.2, 0) is 47.0 Å². The molecule has 1 atom stereocenters. The van der Waals surface area contributed by atoms with Gasteiger partial charge in [0.2, 0.25) is 6.29 Å². The lowest BCUT2D eigenvalue weighted by Gasteiger charge is -2.19. The average Bonchev–Trinajstić information content (AvgIpc) is 3.16. The SMILES string of the molecule is C=NOC/C=C(/C)Cl.C=NOC/C=C(\C)Cl.C=NOC/C=C\C.C=NOC1CCCCO1.C=NOCc1ccc(C)cc1.C=NOCc1ccccc1F. The third-order valence-electron chi connectivity index (χ3n) is 5.60. The number of benzene rings is 2. The summed E-state index contributed by atoms with van der Waals surface area (Å²) >= 11 is 10.9. The smallest absolute Gasteiger partial charge is 0.226 e. The highest BCUT2D eigenvalue weighted by atomic mass is 35.5. The maximum atomic E-state index is 12.8. The van der Waals surface area contributed by atoms with Crippen LogP contribution < -0.4 is 0 Å². The summed E-state index contributed by atoms with van der Waals surface area (Å²) in [4.78, 5) is 27.6. The molecule has 0 aromatic heterocycles. The van der Waals surface area contributed by atoms with Gasteiger partial charge in [-0.25, -0.2) is 4.39 Å². The van der Waals surface area contributed by atoms with E-state index < -0.39 is 0 Å². The van der Waals surface area contributed by atoms with Crippen LogP contribution in [0.1, 0.15) is 56.7 Å². The summed E-state index contributed by atoms with van der Waals surface area (Å²) in [5.41, 5.74) is 2.85. The van der Waals surface area contributed by atoms with Gasteiger partial charge in [-0.3, -0.25) is 0 Å². The second kappa shape index (κ2) is 42.4. The minimum atomic E-state index is -0.281. The van der Waals surface area contributed by atoms with Gasteiger partial charge in [0.25, 0.3) is 0 Å². The molecule has 16 heteroatoms. The minimum Gasteiger partial charge on any atom is -0.392 e. The summed E-state index contributed by atoms with van der Waals surface area (Å²) in [6, 6.07) is 14.5. The van der Waals surface area contributed by atoms with Crippen molar-refractivity contribution in [3.8, 4) is 0 Å². The largest absolute Gasteiger partial charge is 0.392 e. The van der Waals surface area contributed by atoms with Crippen molar-refractivity contribution in [1.82, 2.24) is 0 Å². The molecule has 2 aromatic rings. The van der Waals surface area contributed by atoms with Crippen LogP contribution in [0.2, 0.25) is 0 Å². The molecule has 0 amide bonds. The van der Waals surface area contributed by atoms with E-state index in [2.05, 4.69) is 97.5 Å². The van der Waals surface area contributed by atoms with E-state index in [9.17, 15) is 4.39 Å². The molecule has 1 unspecified atom stereocenters. The van der Waals surface area contributed by atoms with Gasteiger partial charge >= 0.3 is 0 Å². The highest BCUT2D eigenvalue weighted by Gasteiger charge is 2.13. The lowest BCUT2D eigenvalue weighted by atomic mass is 10.2. The molecule has 0 bridgehead atoms. The van der Waals surface area contributed by atoms with E-state index in [0.29, 0.717) is 42.1 Å². The second-order valence-electron chi connectivity index (χ2n) is 9.84. The topological polar surface area (TPSA) is 139 Å². The number of oxime groups is 6. The van der Waals surface area contributed by atoms with Gasteiger partial charge in [-0.15, -0.1) is 25.8 Å². The molecule has 3 rings (SSSR count). The maximum absolute atomic E-state index is 12.8. The molecule has 54 heavy (non-hydrogen) atoms. The Morgan fingerprint density at radius 1 is 0.741 bits per heavy atom. The molecule has 0 aliphatic carbocycles. The zero-order valence-electron chi connectivity index (χ0n) is 31.8. The minimum absolute atomic E-state index is 0.128. The zero-order valence-corrected chi connectivity index (χ0v) is 33.3. The van der Waals surface area contributed by atoms with Crippen molar-refractivity contribution in [1.29, 1.82) is 0 Å². The fourth-order valence-electron chi connectivity index (χ4n) is 3.01. The van der Waals surface area contributed by atoms with Gasteiger partial charge in [0, 0.05) is 62.4 Å². The van der Waals surface area contributed by atoms with Gasteiger partial charge in [0.15, 0.2) is 0 Å². The number of ether oxygens (including phenoxy) is 1. The Hall–Kier alpha value is -5.05. The zero-order chi connectivity index (χ0) is 41.1. The van der Waals surface area contributed by atoms with Gasteiger partial charge < -0.3 is 33.8 Å². The molecule has 13 nitrogen and oxygen atoms in total. The summed E-state index contributed by atoms with van der Waals surface area (Å²) in [5, 5.41) is 20.6. The molecular weight excluding hydrogens is 742 g/mol. The van der Waals surface area contributed by atoms with Crippen molar-refractivity contribution in [3.63, 3.8) is 0 Å².